The molecule has 1 aromatic heterocycles. The normalized spacial score (nSPS) is 10.2. The van der Waals surface area contributed by atoms with Crippen LogP contribution in [0, 0.1) is 0 Å². The quantitative estimate of drug-likeness (QED) is 0.795. The minimum absolute atomic E-state index is 0.125. The molecule has 106 valence electrons. The number of aromatic nitrogens is 1. The van der Waals surface area contributed by atoms with Gasteiger partial charge in [0, 0.05) is 5.56 Å². The summed E-state index contributed by atoms with van der Waals surface area (Å²) in [4.78, 5) is 21.9. The van der Waals surface area contributed by atoms with E-state index in [2.05, 4.69) is 4.42 Å². The lowest BCUT2D eigenvalue weighted by Crippen LogP contribution is -2.18. The van der Waals surface area contributed by atoms with E-state index < -0.39 is 5.76 Å². The van der Waals surface area contributed by atoms with Crippen molar-refractivity contribution in [2.45, 2.75) is 6.54 Å². The molecule has 0 fully saturated rings. The van der Waals surface area contributed by atoms with Crippen LogP contribution in [-0.4, -0.2) is 29.7 Å². The van der Waals surface area contributed by atoms with Crippen LogP contribution in [-0.2, 0) is 6.54 Å². The molecule has 0 saturated carbocycles. The molecule has 1 aromatic carbocycles. The highest BCUT2D eigenvalue weighted by atomic mass is 16.5. The molecule has 1 N–H and O–H groups in total. The Kier molecular flexibility index (Phi) is 4.09. The molecule has 0 amide bonds. The molecule has 0 atom stereocenters. The van der Waals surface area contributed by atoms with Crippen molar-refractivity contribution in [1.82, 2.24) is 4.57 Å². The predicted molar refractivity (Wildman–Crippen MR) is 68.5 cm³/mol. The molecule has 0 aliphatic carbocycles. The van der Waals surface area contributed by atoms with E-state index in [1.807, 2.05) is 0 Å². The first-order valence-electron chi connectivity index (χ1n) is 5.79. The number of oxazole rings is 1. The van der Waals surface area contributed by atoms with Crippen molar-refractivity contribution >= 4 is 6.29 Å². The van der Waals surface area contributed by atoms with Gasteiger partial charge in [0.2, 0.25) is 5.88 Å². The Hall–Kier alpha value is -2.70. The summed E-state index contributed by atoms with van der Waals surface area (Å²) in [5.74, 6) is -0.0660. The summed E-state index contributed by atoms with van der Waals surface area (Å²) < 4.78 is 16.1. The molecule has 0 aliphatic rings. The van der Waals surface area contributed by atoms with Gasteiger partial charge in [-0.25, -0.2) is 9.36 Å². The van der Waals surface area contributed by atoms with Gasteiger partial charge in [0.15, 0.2) is 17.8 Å². The van der Waals surface area contributed by atoms with Crippen LogP contribution in [0.15, 0.2) is 33.7 Å². The summed E-state index contributed by atoms with van der Waals surface area (Å²) in [5, 5.41) is 9.35. The number of aromatic hydroxyl groups is 1. The number of methoxy groups -OCH3 is 1. The molecule has 0 bridgehead atoms. The Labute approximate surface area is 114 Å². The zero-order valence-corrected chi connectivity index (χ0v) is 10.7. The van der Waals surface area contributed by atoms with Gasteiger partial charge in [-0.3, -0.25) is 4.79 Å². The zero-order valence-electron chi connectivity index (χ0n) is 10.7. The third-order valence-corrected chi connectivity index (χ3v) is 2.66. The summed E-state index contributed by atoms with van der Waals surface area (Å²) in [7, 11) is 1.46. The maximum absolute atomic E-state index is 11.2. The molecular formula is C13H13NO6. The van der Waals surface area contributed by atoms with Crippen molar-refractivity contribution in [3.63, 3.8) is 0 Å². The molecule has 20 heavy (non-hydrogen) atoms. The Morgan fingerprint density at radius 2 is 2.20 bits per heavy atom. The van der Waals surface area contributed by atoms with Crippen LogP contribution in [0.2, 0.25) is 0 Å². The monoisotopic (exact) mass is 279 g/mol. The van der Waals surface area contributed by atoms with E-state index in [4.69, 9.17) is 9.47 Å². The second-order valence-corrected chi connectivity index (χ2v) is 3.89. The standard InChI is InChI=1S/C13H13NO6/c1-18-11-6-9(7-15)2-3-10(11)19-5-4-14-12(16)8-20-13(14)17/h2-3,6-8,16H,4-5H2,1H3. The maximum Gasteiger partial charge on any atom is 0.421 e. The molecule has 2 aromatic rings. The fraction of sp³-hybridized carbons (Fsp3) is 0.231. The van der Waals surface area contributed by atoms with Crippen molar-refractivity contribution in [3.8, 4) is 17.4 Å². The molecule has 1 heterocycles. The lowest BCUT2D eigenvalue weighted by atomic mass is 10.2. The molecule has 0 aliphatic heterocycles. The third kappa shape index (κ3) is 2.82. The minimum atomic E-state index is -0.658. The second kappa shape index (κ2) is 5.96. The van der Waals surface area contributed by atoms with Crippen LogP contribution in [0.4, 0.5) is 0 Å². The van der Waals surface area contributed by atoms with E-state index in [1.54, 1.807) is 18.2 Å². The Morgan fingerprint density at radius 3 is 2.80 bits per heavy atom. The SMILES string of the molecule is COc1cc(C=O)ccc1OCCn1c(O)coc1=O. The van der Waals surface area contributed by atoms with Gasteiger partial charge >= 0.3 is 5.76 Å². The lowest BCUT2D eigenvalue weighted by Gasteiger charge is -2.11. The van der Waals surface area contributed by atoms with Crippen LogP contribution < -0.4 is 15.2 Å². The maximum atomic E-state index is 11.2. The van der Waals surface area contributed by atoms with Crippen molar-refractivity contribution in [2.24, 2.45) is 0 Å². The average molecular weight is 279 g/mol. The van der Waals surface area contributed by atoms with Gasteiger partial charge in [0.05, 0.1) is 13.7 Å². The van der Waals surface area contributed by atoms with Gasteiger partial charge < -0.3 is 19.0 Å². The molecule has 0 radical (unpaired) electrons. The zero-order chi connectivity index (χ0) is 14.5. The third-order valence-electron chi connectivity index (χ3n) is 2.66. The van der Waals surface area contributed by atoms with E-state index in [0.29, 0.717) is 23.3 Å². The number of hydrogen-bond donors (Lipinski definition) is 1. The fourth-order valence-corrected chi connectivity index (χ4v) is 1.65. The summed E-state index contributed by atoms with van der Waals surface area (Å²) in [6, 6.07) is 4.73. The summed E-state index contributed by atoms with van der Waals surface area (Å²) in [6.45, 7) is 0.254. The number of carbonyl (C=O) groups is 1. The average Bonchev–Trinajstić information content (AvgIpc) is 2.79. The Bertz CT molecular complexity index is 657. The predicted octanol–water partition coefficient (Wildman–Crippen LogP) is 1.05. The Balaban J connectivity index is 2.04. The number of aldehydes is 1. The lowest BCUT2D eigenvalue weighted by molar-refractivity contribution is 0.112. The van der Waals surface area contributed by atoms with E-state index in [0.717, 1.165) is 10.8 Å². The van der Waals surface area contributed by atoms with Crippen LogP contribution in [0.3, 0.4) is 0 Å². The number of rotatable bonds is 6. The van der Waals surface area contributed by atoms with Crippen molar-refractivity contribution < 1.29 is 23.8 Å². The molecule has 0 spiro atoms. The number of carbonyl (C=O) groups excluding carboxylic acids is 1. The van der Waals surface area contributed by atoms with Crippen LogP contribution in [0.5, 0.6) is 17.4 Å². The van der Waals surface area contributed by atoms with Crippen LogP contribution in [0.25, 0.3) is 0 Å². The van der Waals surface area contributed by atoms with Gasteiger partial charge in [-0.15, -0.1) is 0 Å². The largest absolute Gasteiger partial charge is 0.493 e. The van der Waals surface area contributed by atoms with E-state index in [9.17, 15) is 14.7 Å². The highest BCUT2D eigenvalue weighted by Crippen LogP contribution is 2.27. The highest BCUT2D eigenvalue weighted by molar-refractivity contribution is 5.76. The van der Waals surface area contributed by atoms with Crippen molar-refractivity contribution in [2.75, 3.05) is 13.7 Å². The first kappa shape index (κ1) is 13.7. The van der Waals surface area contributed by atoms with Gasteiger partial charge in [-0.05, 0) is 18.2 Å². The highest BCUT2D eigenvalue weighted by Gasteiger charge is 2.09. The van der Waals surface area contributed by atoms with E-state index in [-0.39, 0.29) is 19.0 Å². The molecule has 0 unspecified atom stereocenters. The van der Waals surface area contributed by atoms with Crippen LogP contribution in [0.1, 0.15) is 10.4 Å². The smallest absolute Gasteiger partial charge is 0.421 e. The number of ether oxygens (including phenoxy) is 2. The molecule has 7 nitrogen and oxygen atoms in total. The summed E-state index contributed by atoms with van der Waals surface area (Å²) in [5.41, 5.74) is 0.470. The van der Waals surface area contributed by atoms with Crippen LogP contribution >= 0.6 is 0 Å². The molecule has 7 heteroatoms. The minimum Gasteiger partial charge on any atom is -0.493 e. The van der Waals surface area contributed by atoms with Gasteiger partial charge in [0.1, 0.15) is 12.9 Å². The summed E-state index contributed by atoms with van der Waals surface area (Å²) >= 11 is 0. The Morgan fingerprint density at radius 1 is 1.40 bits per heavy atom. The van der Waals surface area contributed by atoms with Crippen molar-refractivity contribution in [1.29, 1.82) is 0 Å². The fourth-order valence-electron chi connectivity index (χ4n) is 1.65. The molecule has 0 saturated heterocycles. The van der Waals surface area contributed by atoms with E-state index >= 15 is 0 Å². The van der Waals surface area contributed by atoms with Gasteiger partial charge in [0.25, 0.3) is 0 Å². The number of benzene rings is 1. The van der Waals surface area contributed by atoms with Crippen molar-refractivity contribution in [3.05, 3.63) is 40.6 Å². The molecule has 2 rings (SSSR count). The van der Waals surface area contributed by atoms with Gasteiger partial charge in [-0.1, -0.05) is 0 Å². The molecular weight excluding hydrogens is 266 g/mol. The number of hydrogen-bond acceptors (Lipinski definition) is 6. The van der Waals surface area contributed by atoms with E-state index in [1.165, 1.54) is 7.11 Å². The summed E-state index contributed by atoms with van der Waals surface area (Å²) in [6.07, 6.45) is 1.66. The first-order chi connectivity index (χ1) is 9.65. The number of nitrogens with zero attached hydrogens (tertiary/aromatic N) is 1. The van der Waals surface area contributed by atoms with Gasteiger partial charge in [-0.2, -0.15) is 0 Å². The second-order valence-electron chi connectivity index (χ2n) is 3.89. The first-order valence-corrected chi connectivity index (χ1v) is 5.79. The topological polar surface area (TPSA) is 90.9 Å².